The molecule has 0 spiro atoms. The number of carbonyl (C=O) groups is 1. The smallest absolute Gasteiger partial charge is 0.262 e. The van der Waals surface area contributed by atoms with Gasteiger partial charge in [-0.05, 0) is 30.3 Å². The van der Waals surface area contributed by atoms with Crippen LogP contribution in [0.4, 0.5) is 5.69 Å². The summed E-state index contributed by atoms with van der Waals surface area (Å²) < 4.78 is 6.33. The second-order valence-electron chi connectivity index (χ2n) is 4.23. The number of nitrogens with one attached hydrogen (secondary N) is 1. The van der Waals surface area contributed by atoms with Crippen LogP contribution in [-0.4, -0.2) is 17.6 Å². The standard InChI is InChI=1S/C15H13BrClNO3/c16-11-4-6-12(7-5-11)18-14(20)9-21-15-10(8-19)2-1-3-13(15)17/h1-7,19H,8-9H2,(H,18,20). The van der Waals surface area contributed by atoms with Crippen LogP contribution in [-0.2, 0) is 11.4 Å². The number of benzene rings is 2. The third-order valence-electron chi connectivity index (χ3n) is 2.69. The summed E-state index contributed by atoms with van der Waals surface area (Å²) in [7, 11) is 0. The Labute approximate surface area is 135 Å². The molecule has 0 unspecified atom stereocenters. The number of hydrogen-bond donors (Lipinski definition) is 2. The lowest BCUT2D eigenvalue weighted by Crippen LogP contribution is -2.20. The average Bonchev–Trinajstić information content (AvgIpc) is 2.48. The van der Waals surface area contributed by atoms with Crippen molar-refractivity contribution < 1.29 is 14.6 Å². The van der Waals surface area contributed by atoms with E-state index in [1.54, 1.807) is 30.3 Å². The number of hydrogen-bond acceptors (Lipinski definition) is 3. The fourth-order valence-corrected chi connectivity index (χ4v) is 2.22. The summed E-state index contributed by atoms with van der Waals surface area (Å²) in [6, 6.07) is 12.2. The van der Waals surface area contributed by atoms with Crippen LogP contribution in [0.3, 0.4) is 0 Å². The summed E-state index contributed by atoms with van der Waals surface area (Å²) >= 11 is 9.32. The zero-order valence-corrected chi connectivity index (χ0v) is 13.3. The van der Waals surface area contributed by atoms with Gasteiger partial charge in [-0.15, -0.1) is 0 Å². The quantitative estimate of drug-likeness (QED) is 0.845. The molecule has 0 aliphatic heterocycles. The number of aliphatic hydroxyl groups excluding tert-OH is 1. The lowest BCUT2D eigenvalue weighted by Gasteiger charge is -2.12. The maximum Gasteiger partial charge on any atom is 0.262 e. The van der Waals surface area contributed by atoms with Gasteiger partial charge in [0.15, 0.2) is 6.61 Å². The number of aliphatic hydroxyl groups is 1. The Balaban J connectivity index is 1.97. The molecule has 0 radical (unpaired) electrons. The van der Waals surface area contributed by atoms with Crippen molar-refractivity contribution in [3.63, 3.8) is 0 Å². The van der Waals surface area contributed by atoms with E-state index in [0.29, 0.717) is 22.0 Å². The predicted molar refractivity (Wildman–Crippen MR) is 85.6 cm³/mol. The van der Waals surface area contributed by atoms with Gasteiger partial charge in [0.2, 0.25) is 0 Å². The van der Waals surface area contributed by atoms with Crippen molar-refractivity contribution in [1.29, 1.82) is 0 Å². The van der Waals surface area contributed by atoms with Crippen molar-refractivity contribution in [3.8, 4) is 5.75 Å². The molecule has 0 saturated heterocycles. The van der Waals surface area contributed by atoms with Gasteiger partial charge >= 0.3 is 0 Å². The van der Waals surface area contributed by atoms with Crippen molar-refractivity contribution in [3.05, 3.63) is 57.5 Å². The molecule has 0 atom stereocenters. The summed E-state index contributed by atoms with van der Waals surface area (Å²) in [5, 5.41) is 12.3. The number of ether oxygens (including phenoxy) is 1. The van der Waals surface area contributed by atoms with Crippen molar-refractivity contribution in [1.82, 2.24) is 0 Å². The van der Waals surface area contributed by atoms with Gasteiger partial charge in [-0.2, -0.15) is 0 Å². The number of para-hydroxylation sites is 1. The third-order valence-corrected chi connectivity index (χ3v) is 3.52. The minimum atomic E-state index is -0.305. The molecule has 0 aliphatic rings. The van der Waals surface area contributed by atoms with Crippen molar-refractivity contribution in [2.75, 3.05) is 11.9 Å². The van der Waals surface area contributed by atoms with Gasteiger partial charge in [0.1, 0.15) is 5.75 Å². The molecule has 2 aromatic rings. The summed E-state index contributed by atoms with van der Waals surface area (Å²) in [4.78, 5) is 11.8. The van der Waals surface area contributed by atoms with Crippen LogP contribution in [0.15, 0.2) is 46.9 Å². The lowest BCUT2D eigenvalue weighted by molar-refractivity contribution is -0.118. The molecule has 1 amide bonds. The number of amides is 1. The van der Waals surface area contributed by atoms with Crippen molar-refractivity contribution in [2.45, 2.75) is 6.61 Å². The highest BCUT2D eigenvalue weighted by Crippen LogP contribution is 2.28. The van der Waals surface area contributed by atoms with Crippen LogP contribution >= 0.6 is 27.5 Å². The van der Waals surface area contributed by atoms with Crippen LogP contribution in [0, 0.1) is 0 Å². The van der Waals surface area contributed by atoms with E-state index in [9.17, 15) is 9.90 Å². The number of carbonyl (C=O) groups excluding carboxylic acids is 1. The van der Waals surface area contributed by atoms with E-state index >= 15 is 0 Å². The normalized spacial score (nSPS) is 10.2. The zero-order chi connectivity index (χ0) is 15.2. The molecule has 21 heavy (non-hydrogen) atoms. The van der Waals surface area contributed by atoms with E-state index in [-0.39, 0.29) is 19.1 Å². The average molecular weight is 371 g/mol. The summed E-state index contributed by atoms with van der Waals surface area (Å²) in [5.41, 5.74) is 1.22. The fourth-order valence-electron chi connectivity index (χ4n) is 1.71. The molecule has 2 N–H and O–H groups in total. The van der Waals surface area contributed by atoms with Gasteiger partial charge in [0.25, 0.3) is 5.91 Å². The van der Waals surface area contributed by atoms with E-state index in [1.165, 1.54) is 0 Å². The molecule has 0 aromatic heterocycles. The van der Waals surface area contributed by atoms with E-state index in [2.05, 4.69) is 21.2 Å². The highest BCUT2D eigenvalue weighted by molar-refractivity contribution is 9.10. The summed E-state index contributed by atoms with van der Waals surface area (Å²) in [5.74, 6) is 0.0220. The van der Waals surface area contributed by atoms with Crippen molar-refractivity contribution in [2.24, 2.45) is 0 Å². The Kier molecular flexibility index (Phi) is 5.61. The van der Waals surface area contributed by atoms with Gasteiger partial charge < -0.3 is 15.2 Å². The summed E-state index contributed by atoms with van der Waals surface area (Å²) in [6.07, 6.45) is 0. The minimum Gasteiger partial charge on any atom is -0.482 e. The van der Waals surface area contributed by atoms with Crippen LogP contribution in [0.5, 0.6) is 5.75 Å². The molecule has 110 valence electrons. The van der Waals surface area contributed by atoms with Crippen LogP contribution in [0.25, 0.3) is 0 Å². The number of halogens is 2. The Morgan fingerprint density at radius 3 is 2.62 bits per heavy atom. The van der Waals surface area contributed by atoms with E-state index in [1.807, 2.05) is 12.1 Å². The molecule has 2 rings (SSSR count). The van der Waals surface area contributed by atoms with Gasteiger partial charge in [0, 0.05) is 15.7 Å². The maximum atomic E-state index is 11.8. The Morgan fingerprint density at radius 2 is 1.95 bits per heavy atom. The third kappa shape index (κ3) is 4.46. The monoisotopic (exact) mass is 369 g/mol. The van der Waals surface area contributed by atoms with Crippen LogP contribution in [0.1, 0.15) is 5.56 Å². The largest absolute Gasteiger partial charge is 0.482 e. The molecule has 0 aliphatic carbocycles. The van der Waals surface area contributed by atoms with Gasteiger partial charge in [-0.3, -0.25) is 4.79 Å². The van der Waals surface area contributed by atoms with Gasteiger partial charge in [-0.1, -0.05) is 39.7 Å². The van der Waals surface area contributed by atoms with Crippen LogP contribution < -0.4 is 10.1 Å². The molecule has 4 nitrogen and oxygen atoms in total. The fraction of sp³-hybridized carbons (Fsp3) is 0.133. The summed E-state index contributed by atoms with van der Waals surface area (Å²) in [6.45, 7) is -0.392. The van der Waals surface area contributed by atoms with Crippen molar-refractivity contribution >= 4 is 39.1 Å². The molecule has 2 aromatic carbocycles. The second-order valence-corrected chi connectivity index (χ2v) is 5.55. The Bertz CT molecular complexity index is 631. The van der Waals surface area contributed by atoms with Gasteiger partial charge in [0.05, 0.1) is 11.6 Å². The Hall–Kier alpha value is -1.56. The highest BCUT2D eigenvalue weighted by Gasteiger charge is 2.10. The van der Waals surface area contributed by atoms with E-state index in [4.69, 9.17) is 16.3 Å². The molecular weight excluding hydrogens is 358 g/mol. The molecule has 0 bridgehead atoms. The molecule has 0 heterocycles. The van der Waals surface area contributed by atoms with Crippen LogP contribution in [0.2, 0.25) is 5.02 Å². The molecule has 6 heteroatoms. The minimum absolute atomic E-state index is 0.188. The lowest BCUT2D eigenvalue weighted by atomic mass is 10.2. The highest BCUT2D eigenvalue weighted by atomic mass is 79.9. The van der Waals surface area contributed by atoms with E-state index < -0.39 is 0 Å². The second kappa shape index (κ2) is 7.45. The molecule has 0 fully saturated rings. The zero-order valence-electron chi connectivity index (χ0n) is 11.0. The van der Waals surface area contributed by atoms with E-state index in [0.717, 1.165) is 4.47 Å². The number of anilines is 1. The maximum absolute atomic E-state index is 11.8. The first-order chi connectivity index (χ1) is 10.1. The first-order valence-electron chi connectivity index (χ1n) is 6.16. The Morgan fingerprint density at radius 1 is 1.24 bits per heavy atom. The SMILES string of the molecule is O=C(COc1c(Cl)cccc1CO)Nc1ccc(Br)cc1. The first-order valence-corrected chi connectivity index (χ1v) is 7.33. The first kappa shape index (κ1) is 15.8. The predicted octanol–water partition coefficient (Wildman–Crippen LogP) is 3.61. The number of rotatable bonds is 5. The topological polar surface area (TPSA) is 58.6 Å². The molecule has 0 saturated carbocycles. The van der Waals surface area contributed by atoms with Gasteiger partial charge in [-0.25, -0.2) is 0 Å². The molecular formula is C15H13BrClNO3.